The minimum Gasteiger partial charge on any atom is -0.508 e. The third-order valence-electron chi connectivity index (χ3n) is 12.9. The highest BCUT2D eigenvalue weighted by molar-refractivity contribution is 5.92. The monoisotopic (exact) mass is 1020 g/mol. The number of esters is 1. The molecule has 4 aliphatic rings. The Morgan fingerprint density at radius 3 is 1.83 bits per heavy atom. The lowest BCUT2D eigenvalue weighted by Gasteiger charge is -2.46. The second-order valence-corrected chi connectivity index (χ2v) is 17.8. The van der Waals surface area contributed by atoms with Gasteiger partial charge in [-0.1, -0.05) is 12.1 Å². The molecule has 5 heterocycles. The van der Waals surface area contributed by atoms with Crippen LogP contribution in [-0.2, 0) is 33.2 Å². The molecule has 0 spiro atoms. The Morgan fingerprint density at radius 2 is 1.18 bits per heavy atom. The predicted octanol–water partition coefficient (Wildman–Crippen LogP) is -2.17. The van der Waals surface area contributed by atoms with Gasteiger partial charge in [0.15, 0.2) is 30.5 Å². The van der Waals surface area contributed by atoms with E-state index in [1.165, 1.54) is 64.3 Å². The van der Waals surface area contributed by atoms with Crippen LogP contribution in [0, 0.1) is 0 Å². The molecule has 0 amide bonds. The SMILES string of the molecule is COc1ccccc1C(=O)OC1C(Oc2cc(O)c3c(=O)c(OC4OC(COC5OC(C)C(O)C(O)C5O)C(O)C(O)C4OC4OC(C)C(O)C(O)C4O)c(-c4ccc(O)cc4)oc3c2)OC(C)C(O)C1O. The van der Waals surface area contributed by atoms with Gasteiger partial charge in [-0.05, 0) is 57.2 Å². The second kappa shape index (κ2) is 21.7. The van der Waals surface area contributed by atoms with Gasteiger partial charge in [-0.15, -0.1) is 0 Å². The van der Waals surface area contributed by atoms with Gasteiger partial charge in [-0.25, -0.2) is 4.79 Å². The zero-order valence-corrected chi connectivity index (χ0v) is 38.7. The minimum atomic E-state index is -2.09. The van der Waals surface area contributed by atoms with Crippen LogP contribution < -0.4 is 19.6 Å². The van der Waals surface area contributed by atoms with E-state index in [0.29, 0.717) is 0 Å². The van der Waals surface area contributed by atoms with Crippen molar-refractivity contribution in [2.24, 2.45) is 0 Å². The molecule has 1 aromatic heterocycles. The van der Waals surface area contributed by atoms with Gasteiger partial charge in [0.05, 0.1) is 32.0 Å². The summed E-state index contributed by atoms with van der Waals surface area (Å²) in [7, 11) is 1.33. The Balaban J connectivity index is 1.16. The molecule has 4 fully saturated rings. The number of aliphatic hydroxyl groups is 10. The number of carbonyl (C=O) groups is 1. The fourth-order valence-corrected chi connectivity index (χ4v) is 8.61. The standard InChI is InChI=1S/C47H56O25/c1-16-28(50)33(55)37(59)44(64-16)63-15-26-31(53)36(58)42(72-45-38(60)34(56)29(51)17(2)65-45)47(69-26)71-40-32(54)27-23(49)13-21(14-25(27)68-39(40)19-9-11-20(48)12-10-19)67-46-41(35(57)30(52)18(3)66-46)70-43(61)22-7-5-6-8-24(22)62-4/h5-14,16-18,26,28-31,33-38,41-42,44-53,55-60H,15H2,1-4H3. The smallest absolute Gasteiger partial charge is 0.342 e. The minimum absolute atomic E-state index is 0.0334. The average Bonchev–Trinajstić information content (AvgIpc) is 3.36. The summed E-state index contributed by atoms with van der Waals surface area (Å²) in [5.74, 6) is -3.33. The molecular weight excluding hydrogens is 964 g/mol. The maximum atomic E-state index is 14.8. The summed E-state index contributed by atoms with van der Waals surface area (Å²) in [5, 5.41) is 129. The number of phenolic OH excluding ortho intramolecular Hbond substituents is 2. The van der Waals surface area contributed by atoms with Gasteiger partial charge in [0.25, 0.3) is 0 Å². The summed E-state index contributed by atoms with van der Waals surface area (Å²) in [6, 6.07) is 13.2. The summed E-state index contributed by atoms with van der Waals surface area (Å²) in [6.45, 7) is 3.43. The maximum Gasteiger partial charge on any atom is 0.342 e. The number of aromatic hydroxyl groups is 2. The number of para-hydroxylation sites is 1. The number of hydrogen-bond donors (Lipinski definition) is 12. The average molecular weight is 1020 g/mol. The molecule has 72 heavy (non-hydrogen) atoms. The van der Waals surface area contributed by atoms with Crippen LogP contribution in [0.3, 0.4) is 0 Å². The van der Waals surface area contributed by atoms with Gasteiger partial charge < -0.3 is 113 Å². The zero-order chi connectivity index (χ0) is 52.0. The number of benzene rings is 3. The van der Waals surface area contributed by atoms with Crippen molar-refractivity contribution in [3.05, 3.63) is 76.5 Å². The van der Waals surface area contributed by atoms with Crippen molar-refractivity contribution in [3.8, 4) is 40.1 Å². The third kappa shape index (κ3) is 10.4. The highest BCUT2D eigenvalue weighted by atomic mass is 16.8. The molecule has 20 atom stereocenters. The van der Waals surface area contributed by atoms with Crippen molar-refractivity contribution in [2.75, 3.05) is 13.7 Å². The van der Waals surface area contributed by atoms with Crippen molar-refractivity contribution in [1.82, 2.24) is 0 Å². The van der Waals surface area contributed by atoms with Crippen LogP contribution in [-0.4, -0.2) is 204 Å². The van der Waals surface area contributed by atoms with Crippen LogP contribution in [0.5, 0.6) is 28.7 Å². The molecule has 0 bridgehead atoms. The topological polar surface area (TPSA) is 382 Å². The van der Waals surface area contributed by atoms with Crippen molar-refractivity contribution >= 4 is 16.9 Å². The first kappa shape index (κ1) is 53.0. The van der Waals surface area contributed by atoms with Gasteiger partial charge in [0, 0.05) is 17.7 Å². The van der Waals surface area contributed by atoms with E-state index in [-0.39, 0.29) is 34.0 Å². The molecule has 0 radical (unpaired) electrons. The van der Waals surface area contributed by atoms with E-state index in [1.54, 1.807) is 12.1 Å². The molecule has 0 aliphatic carbocycles. The van der Waals surface area contributed by atoms with Crippen LogP contribution in [0.15, 0.2) is 69.9 Å². The Bertz CT molecular complexity index is 2570. The van der Waals surface area contributed by atoms with E-state index in [2.05, 4.69) is 0 Å². The molecule has 4 aliphatic heterocycles. The number of hydrogen-bond acceptors (Lipinski definition) is 25. The molecule has 3 aromatic carbocycles. The van der Waals surface area contributed by atoms with Crippen LogP contribution in [0.1, 0.15) is 31.1 Å². The Kier molecular flexibility index (Phi) is 15.9. The summed E-state index contributed by atoms with van der Waals surface area (Å²) in [5.41, 5.74) is -1.50. The van der Waals surface area contributed by atoms with E-state index in [4.69, 9.17) is 51.8 Å². The Labute approximate surface area is 407 Å². The molecular formula is C47H56O25. The first-order chi connectivity index (χ1) is 34.2. The van der Waals surface area contributed by atoms with E-state index in [1.807, 2.05) is 0 Å². The van der Waals surface area contributed by atoms with Crippen molar-refractivity contribution < 1.29 is 118 Å². The molecule has 20 unspecified atom stereocenters. The number of rotatable bonds is 13. The lowest BCUT2D eigenvalue weighted by molar-refractivity contribution is -0.360. The fourth-order valence-electron chi connectivity index (χ4n) is 8.61. The van der Waals surface area contributed by atoms with Gasteiger partial charge in [0.1, 0.15) is 107 Å². The summed E-state index contributed by atoms with van der Waals surface area (Å²) < 4.78 is 63.9. The fraction of sp³-hybridized carbons (Fsp3) is 0.532. The Hall–Kier alpha value is -5.30. The third-order valence-corrected chi connectivity index (χ3v) is 12.9. The van der Waals surface area contributed by atoms with Crippen molar-refractivity contribution in [2.45, 2.75) is 144 Å². The van der Waals surface area contributed by atoms with Crippen molar-refractivity contribution in [3.63, 3.8) is 0 Å². The number of fused-ring (bicyclic) bond motifs is 1. The van der Waals surface area contributed by atoms with Crippen molar-refractivity contribution in [1.29, 1.82) is 0 Å². The van der Waals surface area contributed by atoms with E-state index in [0.717, 1.165) is 12.1 Å². The summed E-state index contributed by atoms with van der Waals surface area (Å²) >= 11 is 0. The zero-order valence-electron chi connectivity index (χ0n) is 38.7. The van der Waals surface area contributed by atoms with Crippen LogP contribution in [0.25, 0.3) is 22.3 Å². The molecule has 25 nitrogen and oxygen atoms in total. The van der Waals surface area contributed by atoms with Crippen LogP contribution in [0.2, 0.25) is 0 Å². The number of carbonyl (C=O) groups excluding carboxylic acids is 1. The lowest BCUT2D eigenvalue weighted by atomic mass is 9.97. The maximum absolute atomic E-state index is 14.8. The summed E-state index contributed by atoms with van der Waals surface area (Å²) in [4.78, 5) is 28.2. The molecule has 4 aromatic rings. The number of ether oxygens (including phenoxy) is 10. The first-order valence-corrected chi connectivity index (χ1v) is 22.7. The quantitative estimate of drug-likeness (QED) is 0.0634. The molecule has 8 rings (SSSR count). The number of aliphatic hydroxyl groups excluding tert-OH is 10. The van der Waals surface area contributed by atoms with Crippen LogP contribution >= 0.6 is 0 Å². The molecule has 0 saturated carbocycles. The van der Waals surface area contributed by atoms with E-state index in [9.17, 15) is 70.9 Å². The van der Waals surface area contributed by atoms with Gasteiger partial charge in [-0.2, -0.15) is 0 Å². The number of phenols is 2. The predicted molar refractivity (Wildman–Crippen MR) is 237 cm³/mol. The van der Waals surface area contributed by atoms with Gasteiger partial charge >= 0.3 is 5.97 Å². The summed E-state index contributed by atoms with van der Waals surface area (Å²) in [6.07, 6.45) is -33.5. The molecule has 4 saturated heterocycles. The second-order valence-electron chi connectivity index (χ2n) is 17.8. The van der Waals surface area contributed by atoms with Gasteiger partial charge in [-0.3, -0.25) is 4.79 Å². The van der Waals surface area contributed by atoms with E-state index >= 15 is 0 Å². The highest BCUT2D eigenvalue weighted by Crippen LogP contribution is 2.40. The molecule has 25 heteroatoms. The first-order valence-electron chi connectivity index (χ1n) is 22.7. The molecule has 394 valence electrons. The lowest BCUT2D eigenvalue weighted by Crippen LogP contribution is -2.65. The highest BCUT2D eigenvalue weighted by Gasteiger charge is 2.53. The molecule has 12 N–H and O–H groups in total. The van der Waals surface area contributed by atoms with Gasteiger partial charge in [0.2, 0.25) is 23.8 Å². The Morgan fingerprint density at radius 1 is 0.611 bits per heavy atom. The normalized spacial score (nSPS) is 37.2. The number of methoxy groups -OCH3 is 1. The largest absolute Gasteiger partial charge is 0.508 e. The van der Waals surface area contributed by atoms with Crippen LogP contribution in [0.4, 0.5) is 0 Å². The van der Waals surface area contributed by atoms with E-state index < -0.39 is 163 Å².